The fraction of sp³-hybridized carbons (Fsp3) is 0.636. The summed E-state index contributed by atoms with van der Waals surface area (Å²) >= 11 is 0. The summed E-state index contributed by atoms with van der Waals surface area (Å²) in [6, 6.07) is 7.87. The number of piperazine rings is 1. The van der Waals surface area contributed by atoms with Crippen molar-refractivity contribution in [1.82, 2.24) is 14.7 Å². The van der Waals surface area contributed by atoms with E-state index in [-0.39, 0.29) is 17.2 Å². The number of amides is 1. The first-order chi connectivity index (χ1) is 12.9. The minimum atomic E-state index is 0.0969. The molecular weight excluding hydrogens is 338 g/mol. The Kier molecular flexibility index (Phi) is 6.33. The molecule has 2 aliphatic rings. The van der Waals surface area contributed by atoms with Crippen LogP contribution in [0.4, 0.5) is 0 Å². The van der Waals surface area contributed by atoms with Crippen molar-refractivity contribution in [2.75, 3.05) is 46.8 Å². The van der Waals surface area contributed by atoms with Gasteiger partial charge in [0.2, 0.25) is 5.91 Å². The van der Waals surface area contributed by atoms with E-state index < -0.39 is 0 Å². The quantitative estimate of drug-likeness (QED) is 0.746. The maximum atomic E-state index is 12.4. The second kappa shape index (κ2) is 8.53. The molecule has 1 atom stereocenters. The van der Waals surface area contributed by atoms with Gasteiger partial charge in [0.05, 0.1) is 0 Å². The molecule has 148 valence electrons. The fourth-order valence-electron chi connectivity index (χ4n) is 4.38. The number of benzene rings is 1. The van der Waals surface area contributed by atoms with Crippen LogP contribution in [0.2, 0.25) is 0 Å². The predicted molar refractivity (Wildman–Crippen MR) is 108 cm³/mol. The number of carbonyl (C=O) groups is 2. The Morgan fingerprint density at radius 1 is 1.07 bits per heavy atom. The van der Waals surface area contributed by atoms with Gasteiger partial charge in [0.25, 0.3) is 0 Å². The summed E-state index contributed by atoms with van der Waals surface area (Å²) in [4.78, 5) is 31.3. The Bertz CT molecular complexity index is 673. The van der Waals surface area contributed by atoms with E-state index in [1.165, 1.54) is 5.56 Å². The van der Waals surface area contributed by atoms with Crippen molar-refractivity contribution in [2.24, 2.45) is 0 Å². The van der Waals surface area contributed by atoms with Crippen molar-refractivity contribution >= 4 is 11.7 Å². The Morgan fingerprint density at radius 2 is 1.81 bits per heavy atom. The molecule has 1 amide bonds. The molecule has 0 N–H and O–H groups in total. The topological polar surface area (TPSA) is 43.9 Å². The third-order valence-electron chi connectivity index (χ3n) is 6.47. The van der Waals surface area contributed by atoms with Gasteiger partial charge in [-0.25, -0.2) is 0 Å². The van der Waals surface area contributed by atoms with Crippen LogP contribution in [0.15, 0.2) is 24.3 Å². The lowest BCUT2D eigenvalue weighted by Gasteiger charge is -2.49. The monoisotopic (exact) mass is 371 g/mol. The average molecular weight is 372 g/mol. The summed E-state index contributed by atoms with van der Waals surface area (Å²) in [6.07, 6.45) is 4.10. The normalized spacial score (nSPS) is 25.0. The molecule has 2 heterocycles. The third-order valence-corrected chi connectivity index (χ3v) is 6.47. The lowest BCUT2D eigenvalue weighted by Crippen LogP contribution is -2.61. The maximum absolute atomic E-state index is 12.4. The van der Waals surface area contributed by atoms with Crippen LogP contribution >= 0.6 is 0 Å². The van der Waals surface area contributed by atoms with Crippen LogP contribution in [0.5, 0.6) is 0 Å². The van der Waals surface area contributed by atoms with Crippen molar-refractivity contribution in [2.45, 2.75) is 44.6 Å². The second-order valence-corrected chi connectivity index (χ2v) is 8.38. The van der Waals surface area contributed by atoms with E-state index in [1.807, 2.05) is 43.1 Å². The first-order valence-electron chi connectivity index (χ1n) is 10.2. The van der Waals surface area contributed by atoms with Crippen LogP contribution in [0.25, 0.3) is 0 Å². The molecule has 0 aliphatic carbocycles. The predicted octanol–water partition coefficient (Wildman–Crippen LogP) is 2.59. The number of hydrogen-bond acceptors (Lipinski definition) is 4. The first kappa shape index (κ1) is 20.0. The van der Waals surface area contributed by atoms with Crippen LogP contribution in [-0.2, 0) is 4.79 Å². The highest BCUT2D eigenvalue weighted by Crippen LogP contribution is 2.31. The van der Waals surface area contributed by atoms with Crippen LogP contribution in [-0.4, -0.2) is 78.7 Å². The molecule has 2 aliphatic heterocycles. The molecule has 5 nitrogen and oxygen atoms in total. The third kappa shape index (κ3) is 4.77. The van der Waals surface area contributed by atoms with E-state index in [0.717, 1.165) is 57.5 Å². The summed E-state index contributed by atoms with van der Waals surface area (Å²) < 4.78 is 0. The zero-order valence-corrected chi connectivity index (χ0v) is 17.0. The number of likely N-dealkylation sites (N-methyl/N-ethyl adjacent to an activating group) is 1. The second-order valence-electron chi connectivity index (χ2n) is 8.38. The molecule has 0 saturated carbocycles. The zero-order valence-electron chi connectivity index (χ0n) is 17.0. The molecule has 0 radical (unpaired) electrons. The molecule has 0 bridgehead atoms. The van der Waals surface area contributed by atoms with E-state index >= 15 is 0 Å². The van der Waals surface area contributed by atoms with Gasteiger partial charge in [0.1, 0.15) is 0 Å². The molecule has 0 aromatic heterocycles. The standard InChI is InChI=1S/C22H33N3O2/c1-18-6-8-19(9-7-18)20(26)5-4-13-25-16-15-24(3)22(17-25)11-10-21(27)23(2)14-12-22/h6-9H,4-5,10-17H2,1-3H3. The van der Waals surface area contributed by atoms with Crippen molar-refractivity contribution < 1.29 is 9.59 Å². The van der Waals surface area contributed by atoms with Crippen LogP contribution < -0.4 is 0 Å². The highest BCUT2D eigenvalue weighted by atomic mass is 16.2. The van der Waals surface area contributed by atoms with Gasteiger partial charge in [-0.3, -0.25) is 14.5 Å². The minimum absolute atomic E-state index is 0.0969. The lowest BCUT2D eigenvalue weighted by atomic mass is 9.86. The Labute approximate surface area is 163 Å². The van der Waals surface area contributed by atoms with Crippen LogP contribution in [0, 0.1) is 6.92 Å². The van der Waals surface area contributed by atoms with E-state index in [4.69, 9.17) is 0 Å². The number of aryl methyl sites for hydroxylation is 1. The minimum Gasteiger partial charge on any atom is -0.346 e. The van der Waals surface area contributed by atoms with Crippen LogP contribution in [0.1, 0.15) is 48.0 Å². The van der Waals surface area contributed by atoms with Crippen molar-refractivity contribution in [3.8, 4) is 0 Å². The van der Waals surface area contributed by atoms with Gasteiger partial charge in [-0.2, -0.15) is 0 Å². The van der Waals surface area contributed by atoms with Gasteiger partial charge in [0, 0.05) is 57.2 Å². The smallest absolute Gasteiger partial charge is 0.222 e. The lowest BCUT2D eigenvalue weighted by molar-refractivity contribution is -0.129. The van der Waals surface area contributed by atoms with E-state index in [1.54, 1.807) is 0 Å². The van der Waals surface area contributed by atoms with Crippen LogP contribution in [0.3, 0.4) is 0 Å². The molecule has 5 heteroatoms. The van der Waals surface area contributed by atoms with Crippen molar-refractivity contribution in [3.05, 3.63) is 35.4 Å². The number of nitrogens with zero attached hydrogens (tertiary/aromatic N) is 3. The summed E-state index contributed by atoms with van der Waals surface area (Å²) in [6.45, 7) is 6.91. The number of rotatable bonds is 5. The number of Topliss-reactive ketones (excluding diaryl/α,β-unsaturated/α-hetero) is 1. The summed E-state index contributed by atoms with van der Waals surface area (Å²) in [5.41, 5.74) is 2.10. The van der Waals surface area contributed by atoms with Gasteiger partial charge in [-0.15, -0.1) is 0 Å². The Balaban J connectivity index is 1.53. The highest BCUT2D eigenvalue weighted by molar-refractivity contribution is 5.96. The first-order valence-corrected chi connectivity index (χ1v) is 10.2. The molecule has 3 rings (SSSR count). The number of likely N-dealkylation sites (tertiary alicyclic amines) is 1. The number of hydrogen-bond donors (Lipinski definition) is 0. The average Bonchev–Trinajstić information content (AvgIpc) is 2.80. The molecule has 2 saturated heterocycles. The summed E-state index contributed by atoms with van der Waals surface area (Å²) in [7, 11) is 4.12. The van der Waals surface area contributed by atoms with Gasteiger partial charge in [0.15, 0.2) is 5.78 Å². The molecule has 2 fully saturated rings. The van der Waals surface area contributed by atoms with Crippen molar-refractivity contribution in [3.63, 3.8) is 0 Å². The molecule has 1 aromatic rings. The van der Waals surface area contributed by atoms with E-state index in [0.29, 0.717) is 12.8 Å². The Hall–Kier alpha value is -1.72. The van der Waals surface area contributed by atoms with Gasteiger partial charge < -0.3 is 9.80 Å². The maximum Gasteiger partial charge on any atom is 0.222 e. The molecule has 1 unspecified atom stereocenters. The fourth-order valence-corrected chi connectivity index (χ4v) is 4.38. The summed E-state index contributed by atoms with van der Waals surface area (Å²) in [5, 5.41) is 0. The largest absolute Gasteiger partial charge is 0.346 e. The van der Waals surface area contributed by atoms with Gasteiger partial charge in [-0.1, -0.05) is 29.8 Å². The van der Waals surface area contributed by atoms with E-state index in [2.05, 4.69) is 16.8 Å². The highest BCUT2D eigenvalue weighted by Gasteiger charge is 2.41. The zero-order chi connectivity index (χ0) is 19.4. The Morgan fingerprint density at radius 3 is 2.56 bits per heavy atom. The van der Waals surface area contributed by atoms with E-state index in [9.17, 15) is 9.59 Å². The number of carbonyl (C=O) groups excluding carboxylic acids is 2. The number of ketones is 1. The molecule has 1 aromatic carbocycles. The summed E-state index contributed by atoms with van der Waals surface area (Å²) in [5.74, 6) is 0.502. The molecular formula is C22H33N3O2. The van der Waals surface area contributed by atoms with Crippen molar-refractivity contribution in [1.29, 1.82) is 0 Å². The molecule has 1 spiro atoms. The molecule has 27 heavy (non-hydrogen) atoms. The van der Waals surface area contributed by atoms with Gasteiger partial charge >= 0.3 is 0 Å². The van der Waals surface area contributed by atoms with Gasteiger partial charge in [-0.05, 0) is 39.8 Å². The SMILES string of the molecule is Cc1ccc(C(=O)CCCN2CCN(C)C3(CCC(=O)N(C)CC3)C2)cc1.